The van der Waals surface area contributed by atoms with Gasteiger partial charge in [0.05, 0.1) is 0 Å². The fourth-order valence-electron chi connectivity index (χ4n) is 2.58. The Hall–Kier alpha value is -2.36. The van der Waals surface area contributed by atoms with Gasteiger partial charge in [0.15, 0.2) is 6.10 Å². The molecule has 4 heteroatoms. The predicted molar refractivity (Wildman–Crippen MR) is 90.4 cm³/mol. The van der Waals surface area contributed by atoms with E-state index in [0.29, 0.717) is 12.2 Å². The number of rotatable bonds is 5. The average molecular weight is 315 g/mol. The van der Waals surface area contributed by atoms with E-state index >= 15 is 0 Å². The third kappa shape index (κ3) is 4.31. The number of ether oxygens (including phenoxy) is 1. The third-order valence-corrected chi connectivity index (χ3v) is 3.68. The van der Waals surface area contributed by atoms with Gasteiger partial charge in [-0.25, -0.2) is 4.39 Å². The Kier molecular flexibility index (Phi) is 5.37. The molecule has 0 aliphatic heterocycles. The van der Waals surface area contributed by atoms with E-state index in [0.717, 1.165) is 22.4 Å². The third-order valence-electron chi connectivity index (χ3n) is 3.68. The largest absolute Gasteiger partial charge is 0.481 e. The lowest BCUT2D eigenvalue weighted by Gasteiger charge is -2.19. The molecule has 2 rings (SSSR count). The van der Waals surface area contributed by atoms with Gasteiger partial charge in [-0.15, -0.1) is 0 Å². The molecular formula is C19H22FNO2. The molecule has 0 fully saturated rings. The first-order chi connectivity index (χ1) is 10.9. The maximum Gasteiger partial charge on any atom is 0.265 e. The summed E-state index contributed by atoms with van der Waals surface area (Å²) in [5.41, 5.74) is 4.02. The quantitative estimate of drug-likeness (QED) is 0.879. The lowest BCUT2D eigenvalue weighted by Crippen LogP contribution is -2.32. The highest BCUT2D eigenvalue weighted by Gasteiger charge is 2.20. The number of anilines is 1. The molecule has 0 radical (unpaired) electrons. The normalized spacial score (nSPS) is 11.9. The van der Waals surface area contributed by atoms with Gasteiger partial charge < -0.3 is 10.1 Å². The molecule has 0 bridgehead atoms. The molecule has 0 saturated carbocycles. The van der Waals surface area contributed by atoms with Crippen molar-refractivity contribution in [1.29, 1.82) is 0 Å². The summed E-state index contributed by atoms with van der Waals surface area (Å²) >= 11 is 0. The number of carbonyl (C=O) groups excluding carboxylic acids is 1. The molecule has 2 aromatic rings. The second-order valence-electron chi connectivity index (χ2n) is 5.73. The molecule has 2 aromatic carbocycles. The maximum atomic E-state index is 12.9. The van der Waals surface area contributed by atoms with Crippen molar-refractivity contribution in [2.24, 2.45) is 0 Å². The molecule has 0 unspecified atom stereocenters. The number of halogens is 1. The van der Waals surface area contributed by atoms with Crippen LogP contribution in [0.3, 0.4) is 0 Å². The monoisotopic (exact) mass is 315 g/mol. The van der Waals surface area contributed by atoms with Crippen LogP contribution in [0.25, 0.3) is 0 Å². The van der Waals surface area contributed by atoms with E-state index < -0.39 is 6.10 Å². The van der Waals surface area contributed by atoms with Crippen LogP contribution in [0, 0.1) is 26.6 Å². The van der Waals surface area contributed by atoms with E-state index in [1.54, 1.807) is 0 Å². The Morgan fingerprint density at radius 3 is 2.22 bits per heavy atom. The van der Waals surface area contributed by atoms with E-state index in [2.05, 4.69) is 5.32 Å². The van der Waals surface area contributed by atoms with Gasteiger partial charge in [0.2, 0.25) is 0 Å². The van der Waals surface area contributed by atoms with Crippen LogP contribution in [-0.2, 0) is 4.79 Å². The SMILES string of the molecule is CC[C@@H](Oc1ccc(F)cc1)C(=O)Nc1c(C)cc(C)cc1C. The standard InChI is InChI=1S/C19H22FNO2/c1-5-17(23-16-8-6-15(20)7-9-16)19(22)21-18-13(3)10-12(2)11-14(18)4/h6-11,17H,5H2,1-4H3,(H,21,22)/t17-/m1/s1. The minimum atomic E-state index is -0.624. The Bertz CT molecular complexity index is 672. The Morgan fingerprint density at radius 1 is 1.13 bits per heavy atom. The summed E-state index contributed by atoms with van der Waals surface area (Å²) < 4.78 is 18.6. The van der Waals surface area contributed by atoms with Crippen molar-refractivity contribution in [3.63, 3.8) is 0 Å². The summed E-state index contributed by atoms with van der Waals surface area (Å²) in [6, 6.07) is 9.73. The maximum absolute atomic E-state index is 12.9. The van der Waals surface area contributed by atoms with Gasteiger partial charge in [-0.2, -0.15) is 0 Å². The molecule has 1 atom stereocenters. The van der Waals surface area contributed by atoms with Crippen molar-refractivity contribution in [2.45, 2.75) is 40.2 Å². The molecule has 0 aliphatic carbocycles. The van der Waals surface area contributed by atoms with Crippen LogP contribution >= 0.6 is 0 Å². The summed E-state index contributed by atoms with van der Waals surface area (Å²) in [6.07, 6.45) is -0.103. The van der Waals surface area contributed by atoms with Crippen LogP contribution in [0.1, 0.15) is 30.0 Å². The van der Waals surface area contributed by atoms with Crippen LogP contribution in [0.5, 0.6) is 5.75 Å². The molecule has 0 aromatic heterocycles. The molecule has 1 N–H and O–H groups in total. The van der Waals surface area contributed by atoms with Crippen LogP contribution in [0.15, 0.2) is 36.4 Å². The molecule has 0 saturated heterocycles. The molecule has 0 heterocycles. The highest BCUT2D eigenvalue weighted by molar-refractivity contribution is 5.95. The Labute approximate surface area is 136 Å². The first-order valence-electron chi connectivity index (χ1n) is 7.71. The topological polar surface area (TPSA) is 38.3 Å². The zero-order chi connectivity index (χ0) is 17.0. The average Bonchev–Trinajstić information content (AvgIpc) is 2.50. The van der Waals surface area contributed by atoms with Gasteiger partial charge in [-0.1, -0.05) is 24.6 Å². The van der Waals surface area contributed by atoms with E-state index in [4.69, 9.17) is 4.74 Å². The van der Waals surface area contributed by atoms with Crippen LogP contribution in [0.2, 0.25) is 0 Å². The first kappa shape index (κ1) is 17.0. The van der Waals surface area contributed by atoms with Gasteiger partial charge in [-0.3, -0.25) is 4.79 Å². The van der Waals surface area contributed by atoms with E-state index in [-0.39, 0.29) is 11.7 Å². The smallest absolute Gasteiger partial charge is 0.265 e. The summed E-state index contributed by atoms with van der Waals surface area (Å²) in [6.45, 7) is 7.84. The molecular weight excluding hydrogens is 293 g/mol. The minimum absolute atomic E-state index is 0.202. The van der Waals surface area contributed by atoms with Crippen LogP contribution in [0.4, 0.5) is 10.1 Å². The molecule has 1 amide bonds. The van der Waals surface area contributed by atoms with Crippen molar-refractivity contribution < 1.29 is 13.9 Å². The summed E-state index contributed by atoms with van der Waals surface area (Å²) in [5, 5.41) is 2.95. The van der Waals surface area contributed by atoms with Crippen molar-refractivity contribution in [2.75, 3.05) is 5.32 Å². The minimum Gasteiger partial charge on any atom is -0.481 e. The summed E-state index contributed by atoms with van der Waals surface area (Å²) in [5.74, 6) is -0.0571. The second-order valence-corrected chi connectivity index (χ2v) is 5.73. The van der Waals surface area contributed by atoms with Gasteiger partial charge in [0, 0.05) is 5.69 Å². The predicted octanol–water partition coefficient (Wildman–Crippen LogP) is 4.55. The summed E-state index contributed by atoms with van der Waals surface area (Å²) in [4.78, 5) is 12.5. The van der Waals surface area contributed by atoms with Gasteiger partial charge in [0.1, 0.15) is 11.6 Å². The Morgan fingerprint density at radius 2 is 1.70 bits per heavy atom. The van der Waals surface area contributed by atoms with Gasteiger partial charge in [0.25, 0.3) is 5.91 Å². The first-order valence-corrected chi connectivity index (χ1v) is 7.71. The highest BCUT2D eigenvalue weighted by Crippen LogP contribution is 2.23. The van der Waals surface area contributed by atoms with E-state index in [1.807, 2.05) is 39.8 Å². The molecule has 122 valence electrons. The fraction of sp³-hybridized carbons (Fsp3) is 0.316. The number of nitrogens with one attached hydrogen (secondary N) is 1. The Balaban J connectivity index is 2.13. The number of hydrogen-bond acceptors (Lipinski definition) is 2. The zero-order valence-electron chi connectivity index (χ0n) is 13.9. The fourth-order valence-corrected chi connectivity index (χ4v) is 2.58. The second kappa shape index (κ2) is 7.27. The molecule has 0 aliphatic rings. The molecule has 0 spiro atoms. The molecule has 23 heavy (non-hydrogen) atoms. The number of hydrogen-bond donors (Lipinski definition) is 1. The van der Waals surface area contributed by atoms with E-state index in [1.165, 1.54) is 24.3 Å². The molecule has 3 nitrogen and oxygen atoms in total. The zero-order valence-corrected chi connectivity index (χ0v) is 13.9. The van der Waals surface area contributed by atoms with Crippen molar-refractivity contribution in [3.05, 3.63) is 58.9 Å². The number of benzene rings is 2. The van der Waals surface area contributed by atoms with Crippen molar-refractivity contribution in [1.82, 2.24) is 0 Å². The van der Waals surface area contributed by atoms with Crippen molar-refractivity contribution in [3.8, 4) is 5.75 Å². The van der Waals surface area contributed by atoms with Crippen LogP contribution < -0.4 is 10.1 Å². The van der Waals surface area contributed by atoms with Crippen molar-refractivity contribution >= 4 is 11.6 Å². The number of amides is 1. The van der Waals surface area contributed by atoms with Gasteiger partial charge >= 0.3 is 0 Å². The lowest BCUT2D eigenvalue weighted by molar-refractivity contribution is -0.122. The highest BCUT2D eigenvalue weighted by atomic mass is 19.1. The number of carbonyl (C=O) groups is 1. The number of aryl methyl sites for hydroxylation is 3. The lowest BCUT2D eigenvalue weighted by atomic mass is 10.0. The van der Waals surface area contributed by atoms with E-state index in [9.17, 15) is 9.18 Å². The van der Waals surface area contributed by atoms with Crippen LogP contribution in [-0.4, -0.2) is 12.0 Å². The van der Waals surface area contributed by atoms with Gasteiger partial charge in [-0.05, 0) is 62.6 Å². The summed E-state index contributed by atoms with van der Waals surface area (Å²) in [7, 11) is 0.